The monoisotopic (exact) mass is 674 g/mol. The molecule has 0 saturated heterocycles. The molecule has 0 aliphatic rings. The Morgan fingerprint density at radius 1 is 0.405 bits per heavy atom. The average Bonchev–Trinajstić information content (AvgIpc) is 2.98. The van der Waals surface area contributed by atoms with Crippen LogP contribution in [0.1, 0.15) is 0 Å². The highest BCUT2D eigenvalue weighted by Gasteiger charge is 2.21. The summed E-state index contributed by atoms with van der Waals surface area (Å²) in [5.41, 5.74) is 3.74. The molecule has 0 unspecified atom stereocenters. The lowest BCUT2D eigenvalue weighted by molar-refractivity contribution is 0.629. The minimum atomic E-state index is -0.381. The van der Waals surface area contributed by atoms with Gasteiger partial charge in [-0.25, -0.2) is 28.7 Å². The van der Waals surface area contributed by atoms with Gasteiger partial charge in [0.1, 0.15) is 11.6 Å². The summed E-state index contributed by atoms with van der Waals surface area (Å²) in [4.78, 5) is 19.2. The third kappa shape index (κ3) is 3.30. The van der Waals surface area contributed by atoms with Gasteiger partial charge in [-0.05, 0) is 82.2 Å². The Bertz CT molecular complexity index is 2290. The summed E-state index contributed by atoms with van der Waals surface area (Å²) in [5, 5.41) is 8.30. The van der Waals surface area contributed by atoms with Crippen molar-refractivity contribution >= 4 is 97.0 Å². The zero-order chi connectivity index (χ0) is 28.3. The molecule has 4 nitrogen and oxygen atoms in total. The SMILES string of the molecule is Fc1cc(Br)ccc1-c1nc2ccc3c4ccc5nc(-c6ccc(Br)cc6F)nc6ccc(c7ccc(n1)c2c37)c4c56. The van der Waals surface area contributed by atoms with Crippen molar-refractivity contribution in [3.05, 3.63) is 106 Å². The van der Waals surface area contributed by atoms with Gasteiger partial charge >= 0.3 is 0 Å². The molecule has 0 spiro atoms. The first-order chi connectivity index (χ1) is 20.4. The fourth-order valence-electron chi connectivity index (χ4n) is 6.28. The average molecular weight is 676 g/mol. The Morgan fingerprint density at radius 3 is 1.05 bits per heavy atom. The van der Waals surface area contributed by atoms with Gasteiger partial charge in [-0.15, -0.1) is 0 Å². The predicted octanol–water partition coefficient (Wildman–Crippen LogP) is 10.2. The number of hydrogen-bond donors (Lipinski definition) is 0. The summed E-state index contributed by atoms with van der Waals surface area (Å²) in [5.74, 6) is -0.0621. The van der Waals surface area contributed by atoms with Gasteiger partial charge in [0.25, 0.3) is 0 Å². The Hall–Kier alpha value is -4.40. The maximum Gasteiger partial charge on any atom is 0.163 e. The number of hydrogen-bond acceptors (Lipinski definition) is 4. The van der Waals surface area contributed by atoms with Crippen molar-refractivity contribution in [3.8, 4) is 22.8 Å². The molecule has 0 fully saturated rings. The van der Waals surface area contributed by atoms with Crippen molar-refractivity contribution in [3.63, 3.8) is 0 Å². The first-order valence-electron chi connectivity index (χ1n) is 13.2. The predicted molar refractivity (Wildman–Crippen MR) is 171 cm³/mol. The molecule has 0 N–H and O–H groups in total. The number of nitrogens with zero attached hydrogens (tertiary/aromatic N) is 4. The van der Waals surface area contributed by atoms with Crippen LogP contribution in [0.25, 0.3) is 87.9 Å². The molecule has 2 aromatic heterocycles. The van der Waals surface area contributed by atoms with Crippen LogP contribution in [0.3, 0.4) is 0 Å². The molecule has 9 aromatic rings. The minimum absolute atomic E-state index is 0.350. The van der Waals surface area contributed by atoms with Crippen LogP contribution < -0.4 is 0 Å². The normalized spacial score (nSPS) is 12.3. The quantitative estimate of drug-likeness (QED) is 0.135. The number of fused-ring (bicyclic) bond motifs is 2. The standard InChI is InChI=1S/C34H14Br2F2N4/c35-15-1-3-21(23(37)13-15)33-39-25-9-5-17-19-7-11-27-32-28(42-34(41-27)22-4-2-16(36)14-24(22)38)12-8-20(30(19)32)18-6-10-26(40-33)31(25)29(17)18/h1-14H. The summed E-state index contributed by atoms with van der Waals surface area (Å²) < 4.78 is 31.0. The maximum atomic E-state index is 14.8. The molecule has 0 bridgehead atoms. The van der Waals surface area contributed by atoms with Gasteiger partial charge < -0.3 is 0 Å². The van der Waals surface area contributed by atoms with Gasteiger partial charge in [0.05, 0.1) is 33.2 Å². The molecule has 7 aromatic carbocycles. The molecule has 0 atom stereocenters. The Labute approximate surface area is 253 Å². The van der Waals surface area contributed by atoms with Crippen molar-refractivity contribution in [2.45, 2.75) is 0 Å². The first-order valence-corrected chi connectivity index (χ1v) is 14.7. The summed E-state index contributed by atoms with van der Waals surface area (Å²) >= 11 is 6.64. The molecule has 9 rings (SSSR count). The molecule has 0 saturated carbocycles. The van der Waals surface area contributed by atoms with Gasteiger partial charge in [0.2, 0.25) is 0 Å². The van der Waals surface area contributed by atoms with Crippen molar-refractivity contribution in [1.29, 1.82) is 0 Å². The molecular weight excluding hydrogens is 662 g/mol. The molecule has 8 heteroatoms. The highest BCUT2D eigenvalue weighted by Crippen LogP contribution is 2.45. The Morgan fingerprint density at radius 2 is 0.738 bits per heavy atom. The Balaban J connectivity index is 1.34. The molecule has 0 radical (unpaired) electrons. The highest BCUT2D eigenvalue weighted by atomic mass is 79.9. The molecule has 0 aliphatic heterocycles. The summed E-state index contributed by atoms with van der Waals surface area (Å²) in [7, 11) is 0. The van der Waals surface area contributed by atoms with E-state index >= 15 is 0 Å². The van der Waals surface area contributed by atoms with E-state index in [4.69, 9.17) is 19.9 Å². The zero-order valence-corrected chi connectivity index (χ0v) is 24.6. The number of halogens is 4. The van der Waals surface area contributed by atoms with Crippen LogP contribution in [0.5, 0.6) is 0 Å². The fourth-order valence-corrected chi connectivity index (χ4v) is 6.94. The smallest absolute Gasteiger partial charge is 0.163 e. The van der Waals surface area contributed by atoms with Crippen molar-refractivity contribution in [2.24, 2.45) is 0 Å². The van der Waals surface area contributed by atoms with Gasteiger partial charge in [-0.3, -0.25) is 0 Å². The van der Waals surface area contributed by atoms with Crippen molar-refractivity contribution in [1.82, 2.24) is 19.9 Å². The molecule has 42 heavy (non-hydrogen) atoms. The molecule has 198 valence electrons. The maximum absolute atomic E-state index is 14.8. The van der Waals surface area contributed by atoms with E-state index in [1.807, 2.05) is 24.3 Å². The Kier molecular flexibility index (Phi) is 4.94. The van der Waals surface area contributed by atoms with Gasteiger partial charge in [-0.1, -0.05) is 56.1 Å². The summed E-state index contributed by atoms with van der Waals surface area (Å²) in [6.45, 7) is 0. The number of benzene rings is 7. The second-order valence-corrected chi connectivity index (χ2v) is 12.2. The first kappa shape index (κ1) is 24.2. The molecule has 0 aliphatic carbocycles. The third-order valence-electron chi connectivity index (χ3n) is 8.06. The van der Waals surface area contributed by atoms with Crippen LogP contribution in [-0.4, -0.2) is 19.9 Å². The van der Waals surface area contributed by atoms with Gasteiger partial charge in [-0.2, -0.15) is 0 Å². The van der Waals surface area contributed by atoms with E-state index < -0.39 is 0 Å². The highest BCUT2D eigenvalue weighted by molar-refractivity contribution is 9.10. The van der Waals surface area contributed by atoms with E-state index in [2.05, 4.69) is 56.1 Å². The number of aromatic nitrogens is 4. The minimum Gasteiger partial charge on any atom is -0.228 e. The third-order valence-corrected chi connectivity index (χ3v) is 9.05. The largest absolute Gasteiger partial charge is 0.228 e. The number of rotatable bonds is 2. The van der Waals surface area contributed by atoms with Crippen LogP contribution in [-0.2, 0) is 0 Å². The van der Waals surface area contributed by atoms with Gasteiger partial charge in [0, 0.05) is 30.5 Å². The van der Waals surface area contributed by atoms with Crippen LogP contribution >= 0.6 is 31.9 Å². The topological polar surface area (TPSA) is 51.6 Å². The van der Waals surface area contributed by atoms with Crippen molar-refractivity contribution < 1.29 is 8.78 Å². The summed E-state index contributed by atoms with van der Waals surface area (Å²) in [6.07, 6.45) is 0. The lowest BCUT2D eigenvalue weighted by atomic mass is 9.88. The zero-order valence-electron chi connectivity index (χ0n) is 21.4. The van der Waals surface area contributed by atoms with E-state index in [0.717, 1.165) is 65.2 Å². The summed E-state index contributed by atoms with van der Waals surface area (Å²) in [6, 6.07) is 26.0. The van der Waals surface area contributed by atoms with Crippen LogP contribution in [0.2, 0.25) is 0 Å². The van der Waals surface area contributed by atoms with Gasteiger partial charge in [0.15, 0.2) is 11.6 Å². The van der Waals surface area contributed by atoms with Crippen molar-refractivity contribution in [2.75, 3.05) is 0 Å². The molecule has 0 amide bonds. The lowest BCUT2D eigenvalue weighted by Crippen LogP contribution is -1.98. The van der Waals surface area contributed by atoms with Crippen LogP contribution in [0.15, 0.2) is 93.9 Å². The lowest BCUT2D eigenvalue weighted by Gasteiger charge is -2.18. The fraction of sp³-hybridized carbons (Fsp3) is 0. The van der Waals surface area contributed by atoms with E-state index in [0.29, 0.717) is 31.7 Å². The van der Waals surface area contributed by atoms with E-state index in [1.165, 1.54) is 12.1 Å². The van der Waals surface area contributed by atoms with E-state index in [-0.39, 0.29) is 11.6 Å². The molecule has 2 heterocycles. The van der Waals surface area contributed by atoms with E-state index in [9.17, 15) is 8.78 Å². The van der Waals surface area contributed by atoms with E-state index in [1.54, 1.807) is 24.3 Å². The molecular formula is C34H14Br2F2N4. The second kappa shape index (κ2) is 8.56. The van der Waals surface area contributed by atoms with Crippen LogP contribution in [0.4, 0.5) is 8.78 Å². The second-order valence-electron chi connectivity index (χ2n) is 10.4. The van der Waals surface area contributed by atoms with Crippen LogP contribution in [0, 0.1) is 11.6 Å².